The zero-order chi connectivity index (χ0) is 35.4. The molecule has 0 bridgehead atoms. The molecule has 47 heavy (non-hydrogen) atoms. The third kappa shape index (κ3) is 9.92. The summed E-state index contributed by atoms with van der Waals surface area (Å²) in [4.78, 5) is 54.4. The van der Waals surface area contributed by atoms with E-state index in [1.807, 2.05) is 6.07 Å². The first-order valence-corrected chi connectivity index (χ1v) is 16.3. The lowest BCUT2D eigenvalue weighted by molar-refractivity contribution is -0.193. The number of hydrogen-bond donors (Lipinski definition) is 3. The van der Waals surface area contributed by atoms with E-state index in [-0.39, 0.29) is 24.4 Å². The summed E-state index contributed by atoms with van der Waals surface area (Å²) in [6, 6.07) is 2.49. The van der Waals surface area contributed by atoms with Crippen molar-refractivity contribution < 1.29 is 52.0 Å². The SMILES string of the molecule is CCCC(=O)O[C@@H](c1ccc2c(N)ncnn12)[C@H](OC(=O)CCC)C(C#N)(COP(=O)(N[C@@H](C)C(=O)OC)N[C@@H](C)C(=O)OC)OC. The van der Waals surface area contributed by atoms with Gasteiger partial charge in [0.25, 0.3) is 0 Å². The summed E-state index contributed by atoms with van der Waals surface area (Å²) in [7, 11) is -1.14. The average molecular weight is 684 g/mol. The normalized spacial score (nSPS) is 15.4. The number of rotatable bonds is 19. The van der Waals surface area contributed by atoms with Crippen LogP contribution in [0.5, 0.6) is 0 Å². The minimum Gasteiger partial charge on any atom is -0.468 e. The Balaban J connectivity index is 2.74. The molecule has 2 aromatic heterocycles. The number of nitrogens with two attached hydrogens (primary N) is 1. The molecule has 0 aliphatic carbocycles. The topological polar surface area (TPSA) is 245 Å². The van der Waals surface area contributed by atoms with E-state index in [0.29, 0.717) is 18.4 Å². The molecule has 0 aliphatic heterocycles. The van der Waals surface area contributed by atoms with Crippen LogP contribution >= 0.6 is 7.67 Å². The van der Waals surface area contributed by atoms with Gasteiger partial charge in [-0.3, -0.25) is 23.7 Å². The number of fused-ring (bicyclic) bond motifs is 1. The Hall–Kier alpha value is -4.14. The predicted molar refractivity (Wildman–Crippen MR) is 164 cm³/mol. The number of anilines is 1. The van der Waals surface area contributed by atoms with Gasteiger partial charge >= 0.3 is 31.5 Å². The summed E-state index contributed by atoms with van der Waals surface area (Å²) < 4.78 is 47.9. The summed E-state index contributed by atoms with van der Waals surface area (Å²) in [5.74, 6) is -3.05. The summed E-state index contributed by atoms with van der Waals surface area (Å²) in [6.07, 6.45) is -1.51. The number of esters is 4. The third-order valence-corrected chi connectivity index (χ3v) is 8.76. The number of nitrogens with one attached hydrogen (secondary N) is 2. The van der Waals surface area contributed by atoms with Crippen LogP contribution in [0.3, 0.4) is 0 Å². The third-order valence-electron chi connectivity index (χ3n) is 6.81. The molecule has 0 radical (unpaired) electrons. The molecule has 18 nitrogen and oxygen atoms in total. The van der Waals surface area contributed by atoms with E-state index in [0.717, 1.165) is 27.7 Å². The molecular formula is C28H42N7O11P. The zero-order valence-electron chi connectivity index (χ0n) is 27.4. The summed E-state index contributed by atoms with van der Waals surface area (Å²) >= 11 is 0. The maximum atomic E-state index is 14.1. The molecule has 2 heterocycles. The monoisotopic (exact) mass is 683 g/mol. The molecule has 0 spiro atoms. The molecule has 2 aromatic rings. The quantitative estimate of drug-likeness (QED) is 0.108. The standard InChI is InChI=1S/C28H42N7O11P/c1-8-10-21(36)45-23(19-12-13-20-25(30)31-16-32-35(19)20)24(46-22(37)11-9-2)28(14-29,43-7)15-44-47(40,33-17(3)26(38)41-5)34-18(4)27(39)42-6/h12-13,16-18,23-24H,8-11,15H2,1-7H3,(H2,30,31,32)(H2,33,34,40)/t17-,18-,23-,24-,28?/m0/s1. The fraction of sp³-hybridized carbons (Fsp3) is 0.607. The summed E-state index contributed by atoms with van der Waals surface area (Å²) in [6.45, 7) is 5.20. The zero-order valence-corrected chi connectivity index (χ0v) is 28.3. The fourth-order valence-corrected chi connectivity index (χ4v) is 6.17. The van der Waals surface area contributed by atoms with Gasteiger partial charge in [0, 0.05) is 20.0 Å². The van der Waals surface area contributed by atoms with Crippen molar-refractivity contribution in [1.29, 1.82) is 5.26 Å². The number of nitriles is 1. The maximum absolute atomic E-state index is 14.1. The second kappa shape index (κ2) is 17.7. The second-order valence-electron chi connectivity index (χ2n) is 10.3. The fourth-order valence-electron chi connectivity index (χ4n) is 4.34. The van der Waals surface area contributed by atoms with E-state index in [4.69, 9.17) is 33.9 Å². The predicted octanol–water partition coefficient (Wildman–Crippen LogP) is 1.74. The van der Waals surface area contributed by atoms with Crippen molar-refractivity contribution in [3.8, 4) is 6.07 Å². The molecule has 0 amide bonds. The Labute approximate surface area is 272 Å². The van der Waals surface area contributed by atoms with Crippen molar-refractivity contribution in [1.82, 2.24) is 24.8 Å². The highest BCUT2D eigenvalue weighted by atomic mass is 31.2. The van der Waals surface area contributed by atoms with E-state index in [2.05, 4.69) is 20.3 Å². The van der Waals surface area contributed by atoms with Gasteiger partial charge < -0.3 is 33.9 Å². The molecule has 19 heteroatoms. The van der Waals surface area contributed by atoms with Gasteiger partial charge in [-0.25, -0.2) is 19.7 Å². The number of ether oxygens (including phenoxy) is 5. The highest BCUT2D eigenvalue weighted by molar-refractivity contribution is 7.54. The van der Waals surface area contributed by atoms with Gasteiger partial charge in [0.2, 0.25) is 5.60 Å². The van der Waals surface area contributed by atoms with Gasteiger partial charge in [-0.1, -0.05) is 13.8 Å². The molecule has 5 atom stereocenters. The number of hydrogen-bond acceptors (Lipinski definition) is 15. The average Bonchev–Trinajstić information content (AvgIpc) is 3.48. The molecule has 260 valence electrons. The Bertz CT molecular complexity index is 1470. The van der Waals surface area contributed by atoms with Crippen LogP contribution in [0.15, 0.2) is 18.5 Å². The van der Waals surface area contributed by atoms with Crippen LogP contribution in [0.1, 0.15) is 65.2 Å². The van der Waals surface area contributed by atoms with Gasteiger partial charge in [-0.05, 0) is 38.8 Å². The van der Waals surface area contributed by atoms with Gasteiger partial charge in [0.15, 0.2) is 18.0 Å². The van der Waals surface area contributed by atoms with Crippen LogP contribution in [-0.4, -0.2) is 90.2 Å². The van der Waals surface area contributed by atoms with E-state index in [9.17, 15) is 29.0 Å². The summed E-state index contributed by atoms with van der Waals surface area (Å²) in [5, 5.41) is 19.7. The Morgan fingerprint density at radius 3 is 2.04 bits per heavy atom. The first-order valence-electron chi connectivity index (χ1n) is 14.6. The van der Waals surface area contributed by atoms with E-state index >= 15 is 0 Å². The number of nitrogens with zero attached hydrogens (tertiary/aromatic N) is 4. The van der Waals surface area contributed by atoms with Gasteiger partial charge in [-0.2, -0.15) is 10.4 Å². The highest BCUT2D eigenvalue weighted by Crippen LogP contribution is 2.43. The van der Waals surface area contributed by atoms with Crippen LogP contribution in [-0.2, 0) is 52.0 Å². The minimum absolute atomic E-state index is 0.0323. The van der Waals surface area contributed by atoms with Crippen molar-refractivity contribution in [2.75, 3.05) is 33.7 Å². The Kier molecular flexibility index (Phi) is 14.7. The van der Waals surface area contributed by atoms with Crippen LogP contribution in [0.2, 0.25) is 0 Å². The highest BCUT2D eigenvalue weighted by Gasteiger charge is 2.52. The minimum atomic E-state index is -4.47. The second-order valence-corrected chi connectivity index (χ2v) is 12.2. The molecule has 0 fully saturated rings. The molecular weight excluding hydrogens is 641 g/mol. The van der Waals surface area contributed by atoms with E-state index in [1.165, 1.54) is 30.5 Å². The van der Waals surface area contributed by atoms with Crippen LogP contribution in [0.4, 0.5) is 5.82 Å². The van der Waals surface area contributed by atoms with Crippen molar-refractivity contribution in [2.45, 2.75) is 83.3 Å². The number of nitrogen functional groups attached to an aromatic ring is 1. The van der Waals surface area contributed by atoms with Crippen molar-refractivity contribution >= 4 is 42.9 Å². The molecule has 4 N–H and O–H groups in total. The van der Waals surface area contributed by atoms with Crippen LogP contribution < -0.4 is 15.9 Å². The lowest BCUT2D eigenvalue weighted by Crippen LogP contribution is -2.54. The smallest absolute Gasteiger partial charge is 0.342 e. The molecule has 2 rings (SSSR count). The number of aromatic nitrogens is 3. The molecule has 0 saturated carbocycles. The summed E-state index contributed by atoms with van der Waals surface area (Å²) in [5.41, 5.74) is 4.12. The van der Waals surface area contributed by atoms with E-state index in [1.54, 1.807) is 13.8 Å². The first-order chi connectivity index (χ1) is 22.2. The maximum Gasteiger partial charge on any atom is 0.342 e. The lowest BCUT2D eigenvalue weighted by Gasteiger charge is -2.38. The van der Waals surface area contributed by atoms with Crippen molar-refractivity contribution in [3.05, 3.63) is 24.2 Å². The van der Waals surface area contributed by atoms with Crippen molar-refractivity contribution in [3.63, 3.8) is 0 Å². The van der Waals surface area contributed by atoms with Crippen LogP contribution in [0.25, 0.3) is 5.52 Å². The number of carbonyl (C=O) groups excluding carboxylic acids is 4. The van der Waals surface area contributed by atoms with Gasteiger partial charge in [0.05, 0.1) is 19.9 Å². The Morgan fingerprint density at radius 2 is 1.55 bits per heavy atom. The molecule has 1 unspecified atom stereocenters. The molecule has 0 aliphatic rings. The Morgan fingerprint density at radius 1 is 1.00 bits per heavy atom. The van der Waals surface area contributed by atoms with E-state index < -0.39 is 68.0 Å². The van der Waals surface area contributed by atoms with Gasteiger partial charge in [-0.15, -0.1) is 0 Å². The largest absolute Gasteiger partial charge is 0.468 e. The molecule has 0 saturated heterocycles. The lowest BCUT2D eigenvalue weighted by atomic mass is 9.92. The number of methoxy groups -OCH3 is 3. The van der Waals surface area contributed by atoms with Crippen molar-refractivity contribution in [2.24, 2.45) is 0 Å². The number of carbonyl (C=O) groups is 4. The first kappa shape index (κ1) is 39.0. The van der Waals surface area contributed by atoms with Gasteiger partial charge in [0.1, 0.15) is 36.6 Å². The van der Waals surface area contributed by atoms with Crippen LogP contribution in [0, 0.1) is 11.3 Å². The molecule has 0 aromatic carbocycles.